The molecule has 0 saturated carbocycles. The molecule has 5 nitrogen and oxygen atoms in total. The van der Waals surface area contributed by atoms with Crippen molar-refractivity contribution in [1.29, 1.82) is 0 Å². The zero-order chi connectivity index (χ0) is 21.5. The zero-order valence-electron chi connectivity index (χ0n) is 17.4. The number of guanidine groups is 1. The summed E-state index contributed by atoms with van der Waals surface area (Å²) in [5.41, 5.74) is -0.748. The maximum atomic E-state index is 13.0. The summed E-state index contributed by atoms with van der Waals surface area (Å²) in [5, 5.41) is 15.9. The van der Waals surface area contributed by atoms with E-state index in [1.165, 1.54) is 12.1 Å². The topological polar surface area (TPSA) is 65.9 Å². The lowest BCUT2D eigenvalue weighted by Gasteiger charge is -2.28. The average Bonchev–Trinajstić information content (AvgIpc) is 3.12. The van der Waals surface area contributed by atoms with Crippen molar-refractivity contribution in [3.8, 4) is 0 Å². The standard InChI is InChI=1S/C21H32F3N3O2/c1-4-25-18(27-14-20(8-10-28)9-11-29-15-20)26-13-19(2,3)16-6-5-7-17(12-16)21(22,23)24/h5-7,12,28H,4,8-11,13-15H2,1-3H3,(H2,25,26,27). The number of halogens is 3. The Morgan fingerprint density at radius 2 is 1.97 bits per heavy atom. The van der Waals surface area contributed by atoms with Gasteiger partial charge in [0.15, 0.2) is 5.96 Å². The molecule has 1 saturated heterocycles. The minimum atomic E-state index is -4.36. The van der Waals surface area contributed by atoms with E-state index in [-0.39, 0.29) is 12.0 Å². The summed E-state index contributed by atoms with van der Waals surface area (Å²) in [6.07, 6.45) is -2.85. The lowest BCUT2D eigenvalue weighted by molar-refractivity contribution is -0.137. The van der Waals surface area contributed by atoms with Crippen LogP contribution < -0.4 is 10.6 Å². The smallest absolute Gasteiger partial charge is 0.396 e. The van der Waals surface area contributed by atoms with Gasteiger partial charge in [0.1, 0.15) is 0 Å². The van der Waals surface area contributed by atoms with Gasteiger partial charge in [0.05, 0.1) is 18.7 Å². The number of benzene rings is 1. The van der Waals surface area contributed by atoms with Crippen molar-refractivity contribution >= 4 is 5.96 Å². The van der Waals surface area contributed by atoms with Gasteiger partial charge in [-0.15, -0.1) is 0 Å². The summed E-state index contributed by atoms with van der Waals surface area (Å²) in [6.45, 7) is 8.70. The molecule has 1 fully saturated rings. The second kappa shape index (κ2) is 9.80. The number of nitrogens with one attached hydrogen (secondary N) is 2. The Balaban J connectivity index is 2.10. The zero-order valence-corrected chi connectivity index (χ0v) is 17.4. The van der Waals surface area contributed by atoms with Crippen LogP contribution >= 0.6 is 0 Å². The highest BCUT2D eigenvalue weighted by Gasteiger charge is 2.35. The van der Waals surface area contributed by atoms with E-state index in [0.29, 0.717) is 50.8 Å². The van der Waals surface area contributed by atoms with Gasteiger partial charge in [-0.1, -0.05) is 32.0 Å². The third-order valence-electron chi connectivity index (χ3n) is 5.41. The largest absolute Gasteiger partial charge is 0.416 e. The van der Waals surface area contributed by atoms with Crippen LogP contribution in [0.3, 0.4) is 0 Å². The molecule has 1 unspecified atom stereocenters. The monoisotopic (exact) mass is 415 g/mol. The van der Waals surface area contributed by atoms with Gasteiger partial charge in [-0.3, -0.25) is 4.99 Å². The summed E-state index contributed by atoms with van der Waals surface area (Å²) >= 11 is 0. The van der Waals surface area contributed by atoms with Gasteiger partial charge < -0.3 is 20.5 Å². The van der Waals surface area contributed by atoms with Crippen LogP contribution in [-0.4, -0.2) is 50.5 Å². The Labute approximate surface area is 170 Å². The normalized spacial score (nSPS) is 20.7. The van der Waals surface area contributed by atoms with Crippen molar-refractivity contribution in [3.63, 3.8) is 0 Å². The molecule has 3 N–H and O–H groups in total. The number of rotatable bonds is 8. The molecule has 0 radical (unpaired) electrons. The molecule has 1 aliphatic heterocycles. The summed E-state index contributed by atoms with van der Waals surface area (Å²) in [6, 6.07) is 5.42. The highest BCUT2D eigenvalue weighted by Crippen LogP contribution is 2.33. The molecule has 0 amide bonds. The molecule has 8 heteroatoms. The molecule has 1 aromatic rings. The third-order valence-corrected chi connectivity index (χ3v) is 5.41. The van der Waals surface area contributed by atoms with Crippen LogP contribution in [0.1, 0.15) is 44.7 Å². The quantitative estimate of drug-likeness (QED) is 0.450. The van der Waals surface area contributed by atoms with Gasteiger partial charge in [-0.05, 0) is 31.4 Å². The van der Waals surface area contributed by atoms with Gasteiger partial charge in [-0.2, -0.15) is 13.2 Å². The number of alkyl halides is 3. The molecular weight excluding hydrogens is 383 g/mol. The minimum absolute atomic E-state index is 0.0985. The maximum absolute atomic E-state index is 13.0. The van der Waals surface area contributed by atoms with Crippen LogP contribution in [0, 0.1) is 5.41 Å². The van der Waals surface area contributed by atoms with E-state index in [4.69, 9.17) is 4.74 Å². The van der Waals surface area contributed by atoms with Crippen LogP contribution in [0.5, 0.6) is 0 Å². The summed E-state index contributed by atoms with van der Waals surface area (Å²) < 4.78 is 44.6. The van der Waals surface area contributed by atoms with Crippen molar-refractivity contribution < 1.29 is 23.0 Å². The predicted octanol–water partition coefficient (Wildman–Crippen LogP) is 3.33. The number of hydrogen-bond acceptors (Lipinski definition) is 3. The maximum Gasteiger partial charge on any atom is 0.416 e. The van der Waals surface area contributed by atoms with Crippen LogP contribution in [0.4, 0.5) is 13.2 Å². The molecule has 0 aromatic heterocycles. The van der Waals surface area contributed by atoms with E-state index in [0.717, 1.165) is 12.5 Å². The number of aliphatic hydroxyl groups excluding tert-OH is 1. The SMILES string of the molecule is CCNC(=NCC(C)(C)c1cccc(C(F)(F)F)c1)NCC1(CCO)CCOC1. The van der Waals surface area contributed by atoms with E-state index in [9.17, 15) is 18.3 Å². The number of aliphatic hydroxyl groups is 1. The van der Waals surface area contributed by atoms with E-state index >= 15 is 0 Å². The average molecular weight is 416 g/mol. The molecule has 1 heterocycles. The highest BCUT2D eigenvalue weighted by molar-refractivity contribution is 5.79. The molecule has 29 heavy (non-hydrogen) atoms. The lowest BCUT2D eigenvalue weighted by Crippen LogP contribution is -2.45. The first-order valence-corrected chi connectivity index (χ1v) is 10.0. The Morgan fingerprint density at radius 3 is 2.55 bits per heavy atom. The molecule has 164 valence electrons. The fourth-order valence-corrected chi connectivity index (χ4v) is 3.41. The van der Waals surface area contributed by atoms with Gasteiger partial charge in [0, 0.05) is 37.1 Å². The highest BCUT2D eigenvalue weighted by atomic mass is 19.4. The second-order valence-corrected chi connectivity index (χ2v) is 8.29. The van der Waals surface area contributed by atoms with E-state index in [1.54, 1.807) is 6.07 Å². The van der Waals surface area contributed by atoms with Crippen molar-refractivity contribution in [2.24, 2.45) is 10.4 Å². The van der Waals surface area contributed by atoms with E-state index in [1.807, 2.05) is 20.8 Å². The molecule has 1 aliphatic rings. The summed E-state index contributed by atoms with van der Waals surface area (Å²) in [5.74, 6) is 0.608. The molecule has 0 bridgehead atoms. The predicted molar refractivity (Wildman–Crippen MR) is 108 cm³/mol. The van der Waals surface area contributed by atoms with Crippen LogP contribution in [-0.2, 0) is 16.3 Å². The van der Waals surface area contributed by atoms with Gasteiger partial charge in [0.2, 0.25) is 0 Å². The van der Waals surface area contributed by atoms with Crippen molar-refractivity contribution in [2.75, 3.05) is 39.5 Å². The van der Waals surface area contributed by atoms with E-state index in [2.05, 4.69) is 15.6 Å². The molecular formula is C21H32F3N3O2. The van der Waals surface area contributed by atoms with E-state index < -0.39 is 17.2 Å². The lowest BCUT2D eigenvalue weighted by atomic mass is 9.83. The Hall–Kier alpha value is -1.80. The number of hydrogen-bond donors (Lipinski definition) is 3. The second-order valence-electron chi connectivity index (χ2n) is 8.29. The first-order valence-electron chi connectivity index (χ1n) is 10.0. The molecule has 1 aromatic carbocycles. The number of aliphatic imine (C=N–C) groups is 1. The van der Waals surface area contributed by atoms with Crippen LogP contribution in [0.25, 0.3) is 0 Å². The van der Waals surface area contributed by atoms with Gasteiger partial charge >= 0.3 is 6.18 Å². The fourth-order valence-electron chi connectivity index (χ4n) is 3.41. The molecule has 1 atom stereocenters. The van der Waals surface area contributed by atoms with Crippen LogP contribution in [0.2, 0.25) is 0 Å². The first-order chi connectivity index (χ1) is 13.6. The molecule has 2 rings (SSSR count). The fraction of sp³-hybridized carbons (Fsp3) is 0.667. The Bertz CT molecular complexity index is 684. The van der Waals surface area contributed by atoms with Gasteiger partial charge in [0.25, 0.3) is 0 Å². The summed E-state index contributed by atoms with van der Waals surface area (Å²) in [7, 11) is 0. The first kappa shape index (κ1) is 23.5. The molecule has 0 spiro atoms. The van der Waals surface area contributed by atoms with Crippen molar-refractivity contribution in [2.45, 2.75) is 45.2 Å². The number of ether oxygens (including phenoxy) is 1. The third kappa shape index (κ3) is 6.60. The Morgan fingerprint density at radius 1 is 1.24 bits per heavy atom. The Kier molecular flexibility index (Phi) is 7.94. The minimum Gasteiger partial charge on any atom is -0.396 e. The van der Waals surface area contributed by atoms with Crippen LogP contribution in [0.15, 0.2) is 29.3 Å². The van der Waals surface area contributed by atoms with Crippen molar-refractivity contribution in [1.82, 2.24) is 10.6 Å². The van der Waals surface area contributed by atoms with Crippen molar-refractivity contribution in [3.05, 3.63) is 35.4 Å². The van der Waals surface area contributed by atoms with Gasteiger partial charge in [-0.25, -0.2) is 0 Å². The number of nitrogens with zero attached hydrogens (tertiary/aromatic N) is 1. The summed E-state index contributed by atoms with van der Waals surface area (Å²) in [4.78, 5) is 4.62. The molecule has 0 aliphatic carbocycles.